The number of hydrogen-bond acceptors (Lipinski definition) is 2. The minimum atomic E-state index is 0.0910. The molecular weight excluding hydrogens is 152 g/mol. The van der Waals surface area contributed by atoms with E-state index in [0.29, 0.717) is 0 Å². The van der Waals surface area contributed by atoms with Gasteiger partial charge < -0.3 is 9.47 Å². The Morgan fingerprint density at radius 3 is 2.42 bits per heavy atom. The van der Waals surface area contributed by atoms with E-state index in [1.807, 2.05) is 0 Å². The van der Waals surface area contributed by atoms with Crippen molar-refractivity contribution in [2.45, 2.75) is 45.1 Å². The molecule has 0 aromatic heterocycles. The molecule has 1 rings (SSSR count). The van der Waals surface area contributed by atoms with Crippen LogP contribution in [0.3, 0.4) is 0 Å². The molecule has 0 N–H and O–H groups in total. The monoisotopic (exact) mass is 172 g/mol. The van der Waals surface area contributed by atoms with Gasteiger partial charge in [-0.3, -0.25) is 0 Å². The second-order valence-corrected chi connectivity index (χ2v) is 3.58. The summed E-state index contributed by atoms with van der Waals surface area (Å²) >= 11 is 0. The maximum atomic E-state index is 5.79. The van der Waals surface area contributed by atoms with E-state index in [-0.39, 0.29) is 5.60 Å². The van der Waals surface area contributed by atoms with Crippen molar-refractivity contribution in [3.63, 3.8) is 0 Å². The van der Waals surface area contributed by atoms with Crippen LogP contribution in [0.2, 0.25) is 0 Å². The summed E-state index contributed by atoms with van der Waals surface area (Å²) in [6.45, 7) is 6.89. The zero-order valence-corrected chi connectivity index (χ0v) is 8.27. The Morgan fingerprint density at radius 2 is 2.00 bits per heavy atom. The molecule has 0 atom stereocenters. The van der Waals surface area contributed by atoms with Crippen molar-refractivity contribution in [2.24, 2.45) is 0 Å². The SMILES string of the molecule is CCCCCOC1(CC)COC1. The maximum Gasteiger partial charge on any atom is 0.114 e. The summed E-state index contributed by atoms with van der Waals surface area (Å²) < 4.78 is 11.0. The van der Waals surface area contributed by atoms with Gasteiger partial charge in [0.15, 0.2) is 0 Å². The molecule has 1 heterocycles. The minimum Gasteiger partial charge on any atom is -0.375 e. The molecule has 0 aromatic rings. The first kappa shape index (κ1) is 10.0. The van der Waals surface area contributed by atoms with Gasteiger partial charge in [0.1, 0.15) is 5.60 Å². The lowest BCUT2D eigenvalue weighted by Gasteiger charge is -2.40. The molecule has 0 radical (unpaired) electrons. The Labute approximate surface area is 75.2 Å². The highest BCUT2D eigenvalue weighted by Gasteiger charge is 2.37. The fourth-order valence-corrected chi connectivity index (χ4v) is 1.36. The molecule has 0 unspecified atom stereocenters. The van der Waals surface area contributed by atoms with Crippen molar-refractivity contribution >= 4 is 0 Å². The van der Waals surface area contributed by atoms with Crippen LogP contribution < -0.4 is 0 Å². The Morgan fingerprint density at radius 1 is 1.25 bits per heavy atom. The highest BCUT2D eigenvalue weighted by atomic mass is 16.6. The summed E-state index contributed by atoms with van der Waals surface area (Å²) in [7, 11) is 0. The maximum absolute atomic E-state index is 5.79. The van der Waals surface area contributed by atoms with Crippen LogP contribution in [0.15, 0.2) is 0 Å². The van der Waals surface area contributed by atoms with Crippen LogP contribution >= 0.6 is 0 Å². The molecular formula is C10H20O2. The molecule has 0 bridgehead atoms. The van der Waals surface area contributed by atoms with Crippen LogP contribution in [0.1, 0.15) is 39.5 Å². The normalized spacial score (nSPS) is 20.5. The number of ether oxygens (including phenoxy) is 2. The van der Waals surface area contributed by atoms with Gasteiger partial charge in [-0.25, -0.2) is 0 Å². The minimum absolute atomic E-state index is 0.0910. The topological polar surface area (TPSA) is 18.5 Å². The predicted molar refractivity (Wildman–Crippen MR) is 49.3 cm³/mol. The van der Waals surface area contributed by atoms with Crippen LogP contribution in [-0.2, 0) is 9.47 Å². The number of hydrogen-bond donors (Lipinski definition) is 0. The van der Waals surface area contributed by atoms with Gasteiger partial charge in [-0.05, 0) is 12.8 Å². The van der Waals surface area contributed by atoms with E-state index < -0.39 is 0 Å². The summed E-state index contributed by atoms with van der Waals surface area (Å²) in [5.74, 6) is 0. The third kappa shape index (κ3) is 2.46. The van der Waals surface area contributed by atoms with Crippen molar-refractivity contribution < 1.29 is 9.47 Å². The smallest absolute Gasteiger partial charge is 0.114 e. The molecule has 1 aliphatic rings. The molecule has 1 aliphatic heterocycles. The number of unbranched alkanes of at least 4 members (excludes halogenated alkanes) is 2. The van der Waals surface area contributed by atoms with E-state index in [1.165, 1.54) is 19.3 Å². The van der Waals surface area contributed by atoms with Gasteiger partial charge in [0.2, 0.25) is 0 Å². The van der Waals surface area contributed by atoms with E-state index in [9.17, 15) is 0 Å². The van der Waals surface area contributed by atoms with E-state index in [1.54, 1.807) is 0 Å². The molecule has 72 valence electrons. The van der Waals surface area contributed by atoms with Gasteiger partial charge in [0, 0.05) is 6.61 Å². The third-order valence-electron chi connectivity index (χ3n) is 2.53. The van der Waals surface area contributed by atoms with E-state index in [4.69, 9.17) is 9.47 Å². The molecule has 0 spiro atoms. The van der Waals surface area contributed by atoms with E-state index >= 15 is 0 Å². The fourth-order valence-electron chi connectivity index (χ4n) is 1.36. The molecule has 1 saturated heterocycles. The molecule has 1 fully saturated rings. The number of rotatable bonds is 6. The van der Waals surface area contributed by atoms with Gasteiger partial charge in [-0.1, -0.05) is 26.7 Å². The second kappa shape index (κ2) is 4.83. The Kier molecular flexibility index (Phi) is 4.02. The molecule has 0 amide bonds. The van der Waals surface area contributed by atoms with E-state index in [2.05, 4.69) is 13.8 Å². The van der Waals surface area contributed by atoms with Crippen LogP contribution in [0.25, 0.3) is 0 Å². The van der Waals surface area contributed by atoms with Gasteiger partial charge in [0.25, 0.3) is 0 Å². The average Bonchev–Trinajstić information content (AvgIpc) is 2.02. The third-order valence-corrected chi connectivity index (χ3v) is 2.53. The first-order valence-corrected chi connectivity index (χ1v) is 5.05. The highest BCUT2D eigenvalue weighted by molar-refractivity contribution is 4.85. The highest BCUT2D eigenvalue weighted by Crippen LogP contribution is 2.25. The molecule has 0 saturated carbocycles. The fraction of sp³-hybridized carbons (Fsp3) is 1.00. The lowest BCUT2D eigenvalue weighted by atomic mass is 9.99. The first-order valence-electron chi connectivity index (χ1n) is 5.05. The zero-order valence-electron chi connectivity index (χ0n) is 8.27. The van der Waals surface area contributed by atoms with Gasteiger partial charge in [-0.15, -0.1) is 0 Å². The van der Waals surface area contributed by atoms with Gasteiger partial charge in [0.05, 0.1) is 13.2 Å². The molecule has 2 nitrogen and oxygen atoms in total. The summed E-state index contributed by atoms with van der Waals surface area (Å²) in [5.41, 5.74) is 0.0910. The Balaban J connectivity index is 2.04. The lowest BCUT2D eigenvalue weighted by molar-refractivity contribution is -0.211. The van der Waals surface area contributed by atoms with Crippen molar-refractivity contribution in [2.75, 3.05) is 19.8 Å². The summed E-state index contributed by atoms with van der Waals surface area (Å²) in [4.78, 5) is 0. The second-order valence-electron chi connectivity index (χ2n) is 3.58. The van der Waals surface area contributed by atoms with Crippen molar-refractivity contribution in [1.82, 2.24) is 0 Å². The van der Waals surface area contributed by atoms with Gasteiger partial charge in [-0.2, -0.15) is 0 Å². The zero-order chi connectivity index (χ0) is 8.86. The Hall–Kier alpha value is -0.0800. The predicted octanol–water partition coefficient (Wildman–Crippen LogP) is 2.37. The van der Waals surface area contributed by atoms with E-state index in [0.717, 1.165) is 26.2 Å². The summed E-state index contributed by atoms with van der Waals surface area (Å²) in [6.07, 6.45) is 4.82. The van der Waals surface area contributed by atoms with Crippen molar-refractivity contribution in [3.05, 3.63) is 0 Å². The average molecular weight is 172 g/mol. The van der Waals surface area contributed by atoms with Crippen molar-refractivity contribution in [1.29, 1.82) is 0 Å². The molecule has 0 aromatic carbocycles. The standard InChI is InChI=1S/C10H20O2/c1-3-5-6-7-12-10(4-2)8-11-9-10/h3-9H2,1-2H3. The van der Waals surface area contributed by atoms with Crippen LogP contribution in [-0.4, -0.2) is 25.4 Å². The summed E-state index contributed by atoms with van der Waals surface area (Å²) in [6, 6.07) is 0. The van der Waals surface area contributed by atoms with Crippen LogP contribution in [0, 0.1) is 0 Å². The van der Waals surface area contributed by atoms with Crippen LogP contribution in [0.4, 0.5) is 0 Å². The van der Waals surface area contributed by atoms with Gasteiger partial charge >= 0.3 is 0 Å². The van der Waals surface area contributed by atoms with Crippen LogP contribution in [0.5, 0.6) is 0 Å². The first-order chi connectivity index (χ1) is 5.83. The summed E-state index contributed by atoms with van der Waals surface area (Å²) in [5, 5.41) is 0. The Bertz CT molecular complexity index is 113. The molecule has 0 aliphatic carbocycles. The molecule has 2 heteroatoms. The quantitative estimate of drug-likeness (QED) is 0.573. The van der Waals surface area contributed by atoms with Crippen molar-refractivity contribution in [3.8, 4) is 0 Å². The molecule has 12 heavy (non-hydrogen) atoms. The largest absolute Gasteiger partial charge is 0.375 e. The lowest BCUT2D eigenvalue weighted by Crippen LogP contribution is -2.51.